The second-order valence-electron chi connectivity index (χ2n) is 2.32. The first-order valence-corrected chi connectivity index (χ1v) is 4.45. The van der Waals surface area contributed by atoms with Crippen LogP contribution in [0.3, 0.4) is 0 Å². The molecule has 5 heteroatoms. The molecular formula is C8H7N3OS. The van der Waals surface area contributed by atoms with Gasteiger partial charge in [0.1, 0.15) is 12.1 Å². The predicted molar refractivity (Wildman–Crippen MR) is 49.3 cm³/mol. The Bertz CT molecular complexity index is 371. The molecule has 2 rings (SSSR count). The van der Waals surface area contributed by atoms with Gasteiger partial charge in [-0.1, -0.05) is 0 Å². The molecule has 0 aliphatic heterocycles. The van der Waals surface area contributed by atoms with E-state index in [0.717, 1.165) is 4.90 Å². The van der Waals surface area contributed by atoms with Gasteiger partial charge < -0.3 is 10.2 Å². The Morgan fingerprint density at radius 2 is 2.23 bits per heavy atom. The summed E-state index contributed by atoms with van der Waals surface area (Å²) in [4.78, 5) is 8.87. The number of anilines is 1. The van der Waals surface area contributed by atoms with Crippen LogP contribution in [0.25, 0.3) is 0 Å². The maximum Gasteiger partial charge on any atom is 0.260 e. The zero-order valence-corrected chi connectivity index (χ0v) is 7.49. The summed E-state index contributed by atoms with van der Waals surface area (Å²) in [5.41, 5.74) is 5.44. The number of oxazole rings is 1. The predicted octanol–water partition coefficient (Wildman–Crippen LogP) is 1.80. The van der Waals surface area contributed by atoms with E-state index in [0.29, 0.717) is 11.0 Å². The molecule has 0 fully saturated rings. The number of pyridine rings is 1. The average Bonchev–Trinajstić information content (AvgIpc) is 2.62. The highest BCUT2D eigenvalue weighted by Gasteiger charge is 2.00. The normalized spacial score (nSPS) is 10.2. The fourth-order valence-electron chi connectivity index (χ4n) is 0.814. The van der Waals surface area contributed by atoms with Crippen molar-refractivity contribution in [2.24, 2.45) is 0 Å². The van der Waals surface area contributed by atoms with Gasteiger partial charge in [-0.2, -0.15) is 0 Å². The standard InChI is InChI=1S/C8H7N3OS/c9-7-2-1-6(5-11-7)13-8-10-3-4-12-8/h1-5H,(H2,9,11). The number of aromatic nitrogens is 2. The molecule has 0 aromatic carbocycles. The molecule has 4 nitrogen and oxygen atoms in total. The van der Waals surface area contributed by atoms with Crippen molar-refractivity contribution in [3.8, 4) is 0 Å². The Morgan fingerprint density at radius 3 is 2.85 bits per heavy atom. The highest BCUT2D eigenvalue weighted by Crippen LogP contribution is 2.25. The molecule has 0 aliphatic rings. The summed E-state index contributed by atoms with van der Waals surface area (Å²) in [7, 11) is 0. The SMILES string of the molecule is Nc1ccc(Sc2ncco2)cn1. The van der Waals surface area contributed by atoms with Gasteiger partial charge in [0, 0.05) is 11.1 Å². The third kappa shape index (κ3) is 2.00. The molecule has 0 saturated carbocycles. The van der Waals surface area contributed by atoms with E-state index in [1.165, 1.54) is 18.0 Å². The van der Waals surface area contributed by atoms with Crippen LogP contribution in [0.5, 0.6) is 0 Å². The molecule has 66 valence electrons. The van der Waals surface area contributed by atoms with Crippen LogP contribution in [0.4, 0.5) is 5.82 Å². The van der Waals surface area contributed by atoms with Crippen LogP contribution >= 0.6 is 11.8 Å². The quantitative estimate of drug-likeness (QED) is 0.787. The van der Waals surface area contributed by atoms with Crippen LogP contribution in [0.2, 0.25) is 0 Å². The lowest BCUT2D eigenvalue weighted by Gasteiger charge is -1.95. The van der Waals surface area contributed by atoms with Gasteiger partial charge in [0.15, 0.2) is 0 Å². The van der Waals surface area contributed by atoms with Crippen molar-refractivity contribution in [3.05, 3.63) is 30.8 Å². The highest BCUT2D eigenvalue weighted by molar-refractivity contribution is 7.99. The Labute approximate surface area is 79.2 Å². The van der Waals surface area contributed by atoms with Gasteiger partial charge >= 0.3 is 0 Å². The molecule has 0 bridgehead atoms. The third-order valence-electron chi connectivity index (χ3n) is 1.37. The van der Waals surface area contributed by atoms with Crippen molar-refractivity contribution in [1.82, 2.24) is 9.97 Å². The van der Waals surface area contributed by atoms with Crippen molar-refractivity contribution in [2.45, 2.75) is 10.1 Å². The molecule has 0 atom stereocenters. The van der Waals surface area contributed by atoms with Crippen molar-refractivity contribution in [3.63, 3.8) is 0 Å². The lowest BCUT2D eigenvalue weighted by molar-refractivity contribution is 0.454. The largest absolute Gasteiger partial charge is 0.440 e. The smallest absolute Gasteiger partial charge is 0.260 e. The number of nitrogen functional groups attached to an aromatic ring is 1. The van der Waals surface area contributed by atoms with Gasteiger partial charge in [-0.05, 0) is 23.9 Å². The minimum absolute atomic E-state index is 0.511. The van der Waals surface area contributed by atoms with E-state index in [9.17, 15) is 0 Å². The van der Waals surface area contributed by atoms with Gasteiger partial charge in [-0.15, -0.1) is 0 Å². The van der Waals surface area contributed by atoms with Crippen LogP contribution in [-0.2, 0) is 0 Å². The fourth-order valence-corrected chi connectivity index (χ4v) is 1.47. The fraction of sp³-hybridized carbons (Fsp3) is 0. The first kappa shape index (κ1) is 8.12. The Hall–Kier alpha value is -1.49. The first-order valence-electron chi connectivity index (χ1n) is 3.63. The minimum Gasteiger partial charge on any atom is -0.440 e. The second kappa shape index (κ2) is 3.49. The summed E-state index contributed by atoms with van der Waals surface area (Å²) < 4.78 is 5.06. The molecule has 2 aromatic rings. The summed E-state index contributed by atoms with van der Waals surface area (Å²) >= 11 is 1.41. The number of nitrogens with two attached hydrogens (primary N) is 1. The molecule has 0 amide bonds. The van der Waals surface area contributed by atoms with E-state index in [1.807, 2.05) is 6.07 Å². The molecule has 0 spiro atoms. The summed E-state index contributed by atoms with van der Waals surface area (Å²) in [6.45, 7) is 0. The maximum atomic E-state index is 5.44. The van der Waals surface area contributed by atoms with Gasteiger partial charge in [-0.3, -0.25) is 0 Å². The maximum absolute atomic E-state index is 5.44. The Morgan fingerprint density at radius 1 is 1.31 bits per heavy atom. The Kier molecular flexibility index (Phi) is 2.18. The van der Waals surface area contributed by atoms with Gasteiger partial charge in [0.25, 0.3) is 5.22 Å². The van der Waals surface area contributed by atoms with Crippen LogP contribution in [0, 0.1) is 0 Å². The van der Waals surface area contributed by atoms with Crippen molar-refractivity contribution in [1.29, 1.82) is 0 Å². The molecular weight excluding hydrogens is 186 g/mol. The third-order valence-corrected chi connectivity index (χ3v) is 2.23. The lowest BCUT2D eigenvalue weighted by Crippen LogP contribution is -1.87. The zero-order chi connectivity index (χ0) is 9.10. The molecule has 13 heavy (non-hydrogen) atoms. The molecule has 0 saturated heterocycles. The molecule has 0 radical (unpaired) electrons. The van der Waals surface area contributed by atoms with Crippen LogP contribution in [0.15, 0.2) is 45.3 Å². The summed E-state index contributed by atoms with van der Waals surface area (Å²) in [5, 5.41) is 0.603. The number of rotatable bonds is 2. The number of hydrogen-bond acceptors (Lipinski definition) is 5. The van der Waals surface area contributed by atoms with Gasteiger partial charge in [0.05, 0.1) is 6.20 Å². The molecule has 2 aromatic heterocycles. The van der Waals surface area contributed by atoms with Crippen LogP contribution < -0.4 is 5.73 Å². The Balaban J connectivity index is 2.15. The van der Waals surface area contributed by atoms with E-state index < -0.39 is 0 Å². The molecule has 2 heterocycles. The van der Waals surface area contributed by atoms with Crippen LogP contribution in [-0.4, -0.2) is 9.97 Å². The monoisotopic (exact) mass is 193 g/mol. The summed E-state index contributed by atoms with van der Waals surface area (Å²) in [6, 6.07) is 3.61. The van der Waals surface area contributed by atoms with E-state index in [1.54, 1.807) is 18.5 Å². The van der Waals surface area contributed by atoms with Crippen LogP contribution in [0.1, 0.15) is 0 Å². The minimum atomic E-state index is 0.511. The summed E-state index contributed by atoms with van der Waals surface area (Å²) in [6.07, 6.45) is 4.82. The topological polar surface area (TPSA) is 64.9 Å². The lowest BCUT2D eigenvalue weighted by atomic mass is 10.5. The number of nitrogens with zero attached hydrogens (tertiary/aromatic N) is 2. The zero-order valence-electron chi connectivity index (χ0n) is 6.68. The first-order chi connectivity index (χ1) is 6.34. The van der Waals surface area contributed by atoms with Gasteiger partial charge in [0.2, 0.25) is 0 Å². The van der Waals surface area contributed by atoms with Crippen molar-refractivity contribution >= 4 is 17.6 Å². The van der Waals surface area contributed by atoms with Crippen molar-refractivity contribution < 1.29 is 4.42 Å². The molecule has 0 aliphatic carbocycles. The molecule has 2 N–H and O–H groups in total. The van der Waals surface area contributed by atoms with E-state index >= 15 is 0 Å². The average molecular weight is 193 g/mol. The highest BCUT2D eigenvalue weighted by atomic mass is 32.2. The number of hydrogen-bond donors (Lipinski definition) is 1. The van der Waals surface area contributed by atoms with E-state index in [2.05, 4.69) is 9.97 Å². The van der Waals surface area contributed by atoms with E-state index in [4.69, 9.17) is 10.2 Å². The van der Waals surface area contributed by atoms with E-state index in [-0.39, 0.29) is 0 Å². The van der Waals surface area contributed by atoms with Gasteiger partial charge in [-0.25, -0.2) is 9.97 Å². The summed E-state index contributed by atoms with van der Waals surface area (Å²) in [5.74, 6) is 0.511. The molecule has 0 unspecified atom stereocenters. The van der Waals surface area contributed by atoms with Crippen molar-refractivity contribution in [2.75, 3.05) is 5.73 Å². The second-order valence-corrected chi connectivity index (χ2v) is 3.34.